The van der Waals surface area contributed by atoms with Crippen molar-refractivity contribution in [1.29, 1.82) is 0 Å². The van der Waals surface area contributed by atoms with Crippen LogP contribution in [0.5, 0.6) is 11.5 Å². The van der Waals surface area contributed by atoms with Crippen molar-refractivity contribution >= 4 is 11.5 Å². The lowest BCUT2D eigenvalue weighted by Gasteiger charge is -2.44. The zero-order valence-electron chi connectivity index (χ0n) is 13.7. The van der Waals surface area contributed by atoms with Gasteiger partial charge in [-0.15, -0.1) is 0 Å². The average molecular weight is 301 g/mol. The summed E-state index contributed by atoms with van der Waals surface area (Å²) in [5.41, 5.74) is 4.44. The summed E-state index contributed by atoms with van der Waals surface area (Å²) < 4.78 is 6.34. The smallest absolute Gasteiger partial charge is 0.217 e. The number of phenolic OH excluding ortho intramolecular Hbond substituents is 1. The molecule has 0 saturated heterocycles. The van der Waals surface area contributed by atoms with Crippen LogP contribution in [0.1, 0.15) is 48.4 Å². The summed E-state index contributed by atoms with van der Waals surface area (Å²) in [6.07, 6.45) is 5.33. The Kier molecular flexibility index (Phi) is 3.42. The molecule has 1 saturated carbocycles. The summed E-state index contributed by atoms with van der Waals surface area (Å²) in [4.78, 5) is 11.3. The van der Waals surface area contributed by atoms with Gasteiger partial charge < -0.3 is 15.2 Å². The Morgan fingerprint density at radius 2 is 1.95 bits per heavy atom. The fraction of sp³-hybridized carbons (Fsp3) is 0.500. The predicted molar refractivity (Wildman–Crippen MR) is 86.2 cm³/mol. The van der Waals surface area contributed by atoms with Crippen LogP contribution in [0.4, 0.5) is 0 Å². The number of benzene rings is 1. The Labute approximate surface area is 131 Å². The molecule has 4 nitrogen and oxygen atoms in total. The van der Waals surface area contributed by atoms with Crippen molar-refractivity contribution < 1.29 is 14.6 Å². The number of ether oxygens (including phenoxy) is 1. The largest absolute Gasteiger partial charge is 0.507 e. The maximum absolute atomic E-state index is 11.3. The lowest BCUT2D eigenvalue weighted by molar-refractivity contribution is -0.118. The average Bonchev–Trinajstić information content (AvgIpc) is 2.46. The number of phenols is 1. The zero-order chi connectivity index (χ0) is 16.1. The lowest BCUT2D eigenvalue weighted by atomic mass is 9.75. The molecular formula is C18H23NO3. The molecule has 2 N–H and O–H groups in total. The van der Waals surface area contributed by atoms with Crippen LogP contribution in [-0.4, -0.2) is 23.2 Å². The number of rotatable bonds is 2. The standard InChI is InChI=1S/C18H23NO3/c1-10-11(2)17-15(12(3)16(10)21)14(9-19-13(4)20)8-18(22-17)6-5-7-18/h8,21H,5-7,9H2,1-4H3,(H,19,20). The van der Waals surface area contributed by atoms with Gasteiger partial charge in [0.1, 0.15) is 17.1 Å². The molecule has 1 fully saturated rings. The van der Waals surface area contributed by atoms with E-state index < -0.39 is 0 Å². The van der Waals surface area contributed by atoms with E-state index in [1.54, 1.807) is 0 Å². The van der Waals surface area contributed by atoms with E-state index in [0.717, 1.165) is 52.8 Å². The van der Waals surface area contributed by atoms with Gasteiger partial charge in [-0.1, -0.05) is 0 Å². The van der Waals surface area contributed by atoms with E-state index in [0.29, 0.717) is 12.3 Å². The van der Waals surface area contributed by atoms with E-state index in [4.69, 9.17) is 4.74 Å². The van der Waals surface area contributed by atoms with Gasteiger partial charge in [0.15, 0.2) is 0 Å². The topological polar surface area (TPSA) is 58.6 Å². The molecule has 1 heterocycles. The van der Waals surface area contributed by atoms with E-state index in [2.05, 4.69) is 11.4 Å². The second-order valence-corrected chi connectivity index (χ2v) is 6.53. The van der Waals surface area contributed by atoms with Gasteiger partial charge in [0.25, 0.3) is 0 Å². The molecule has 3 rings (SSSR count). The summed E-state index contributed by atoms with van der Waals surface area (Å²) in [5.74, 6) is 1.13. The molecule has 1 aromatic rings. The van der Waals surface area contributed by atoms with Crippen molar-refractivity contribution in [1.82, 2.24) is 5.32 Å². The molecule has 4 heteroatoms. The van der Waals surface area contributed by atoms with Crippen LogP contribution >= 0.6 is 0 Å². The highest BCUT2D eigenvalue weighted by Crippen LogP contribution is 2.50. The third-order valence-corrected chi connectivity index (χ3v) is 5.01. The quantitative estimate of drug-likeness (QED) is 0.882. The first-order chi connectivity index (χ1) is 10.3. The molecular weight excluding hydrogens is 278 g/mol. The molecule has 0 radical (unpaired) electrons. The van der Waals surface area contributed by atoms with Gasteiger partial charge in [-0.2, -0.15) is 0 Å². The molecule has 1 aliphatic carbocycles. The number of nitrogens with one attached hydrogen (secondary N) is 1. The SMILES string of the molecule is CC(=O)NCC1=CC2(CCC2)Oc2c(C)c(C)c(O)c(C)c21. The number of fused-ring (bicyclic) bond motifs is 1. The summed E-state index contributed by atoms with van der Waals surface area (Å²) in [7, 11) is 0. The molecule has 118 valence electrons. The van der Waals surface area contributed by atoms with Gasteiger partial charge in [0, 0.05) is 24.6 Å². The fourth-order valence-corrected chi connectivity index (χ4v) is 3.37. The molecule has 1 aliphatic heterocycles. The normalized spacial score (nSPS) is 18.1. The molecule has 0 bridgehead atoms. The summed E-state index contributed by atoms with van der Waals surface area (Å²) in [6, 6.07) is 0. The molecule has 1 spiro atoms. The van der Waals surface area contributed by atoms with Crippen LogP contribution in [0.2, 0.25) is 0 Å². The molecule has 1 amide bonds. The van der Waals surface area contributed by atoms with Gasteiger partial charge in [-0.05, 0) is 62.8 Å². The van der Waals surface area contributed by atoms with Gasteiger partial charge >= 0.3 is 0 Å². The molecule has 0 unspecified atom stereocenters. The van der Waals surface area contributed by atoms with Crippen molar-refractivity contribution in [2.24, 2.45) is 0 Å². The summed E-state index contributed by atoms with van der Waals surface area (Å²) in [5, 5.41) is 13.2. The van der Waals surface area contributed by atoms with Crippen LogP contribution in [0.25, 0.3) is 5.57 Å². The summed E-state index contributed by atoms with van der Waals surface area (Å²) >= 11 is 0. The number of amides is 1. The Morgan fingerprint density at radius 1 is 1.27 bits per heavy atom. The Morgan fingerprint density at radius 3 is 2.50 bits per heavy atom. The van der Waals surface area contributed by atoms with Crippen molar-refractivity contribution in [3.63, 3.8) is 0 Å². The first-order valence-corrected chi connectivity index (χ1v) is 7.83. The minimum absolute atomic E-state index is 0.0534. The number of hydrogen-bond acceptors (Lipinski definition) is 3. The van der Waals surface area contributed by atoms with E-state index in [9.17, 15) is 9.90 Å². The Balaban J connectivity index is 2.14. The maximum atomic E-state index is 11.3. The first-order valence-electron chi connectivity index (χ1n) is 7.83. The fourth-order valence-electron chi connectivity index (χ4n) is 3.37. The zero-order valence-corrected chi connectivity index (χ0v) is 13.7. The van der Waals surface area contributed by atoms with Gasteiger partial charge in [-0.25, -0.2) is 0 Å². The van der Waals surface area contributed by atoms with E-state index in [-0.39, 0.29) is 11.5 Å². The highest BCUT2D eigenvalue weighted by Gasteiger charge is 2.42. The highest BCUT2D eigenvalue weighted by atomic mass is 16.5. The second kappa shape index (κ2) is 5.04. The summed E-state index contributed by atoms with van der Waals surface area (Å²) in [6.45, 7) is 7.80. The highest BCUT2D eigenvalue weighted by molar-refractivity contribution is 5.83. The van der Waals surface area contributed by atoms with Crippen LogP contribution in [-0.2, 0) is 4.79 Å². The van der Waals surface area contributed by atoms with Crippen molar-refractivity contribution in [2.75, 3.05) is 6.54 Å². The Bertz CT molecular complexity index is 684. The number of carbonyl (C=O) groups is 1. The lowest BCUT2D eigenvalue weighted by Crippen LogP contribution is -2.44. The van der Waals surface area contributed by atoms with E-state index >= 15 is 0 Å². The molecule has 22 heavy (non-hydrogen) atoms. The van der Waals surface area contributed by atoms with Crippen molar-refractivity contribution in [3.8, 4) is 11.5 Å². The van der Waals surface area contributed by atoms with Gasteiger partial charge in [0.05, 0.1) is 0 Å². The Hall–Kier alpha value is -1.97. The van der Waals surface area contributed by atoms with Crippen LogP contribution < -0.4 is 10.1 Å². The van der Waals surface area contributed by atoms with Crippen LogP contribution in [0.15, 0.2) is 6.08 Å². The number of carbonyl (C=O) groups excluding carboxylic acids is 1. The predicted octanol–water partition coefficient (Wildman–Crippen LogP) is 3.15. The second-order valence-electron chi connectivity index (χ2n) is 6.53. The van der Waals surface area contributed by atoms with Crippen molar-refractivity contribution in [3.05, 3.63) is 28.3 Å². The minimum atomic E-state index is -0.221. The molecule has 1 aromatic carbocycles. The van der Waals surface area contributed by atoms with Crippen molar-refractivity contribution in [2.45, 2.75) is 52.6 Å². The van der Waals surface area contributed by atoms with E-state index in [1.165, 1.54) is 6.92 Å². The third kappa shape index (κ3) is 2.18. The minimum Gasteiger partial charge on any atom is -0.507 e. The maximum Gasteiger partial charge on any atom is 0.217 e. The first kappa shape index (κ1) is 14.9. The molecule has 0 aromatic heterocycles. The molecule has 2 aliphatic rings. The van der Waals surface area contributed by atoms with Gasteiger partial charge in [-0.3, -0.25) is 4.79 Å². The van der Waals surface area contributed by atoms with Gasteiger partial charge in [0.2, 0.25) is 5.91 Å². The van der Waals surface area contributed by atoms with Crippen LogP contribution in [0, 0.1) is 20.8 Å². The molecule has 0 atom stereocenters. The van der Waals surface area contributed by atoms with E-state index in [1.807, 2.05) is 20.8 Å². The number of aromatic hydroxyl groups is 1. The third-order valence-electron chi connectivity index (χ3n) is 5.01. The number of hydrogen-bond donors (Lipinski definition) is 2. The van der Waals surface area contributed by atoms with Crippen LogP contribution in [0.3, 0.4) is 0 Å². The monoisotopic (exact) mass is 301 g/mol.